The second-order valence-electron chi connectivity index (χ2n) is 4.57. The molecule has 1 fully saturated rings. The molecule has 1 aliphatic rings. The Bertz CT molecular complexity index is 351. The van der Waals surface area contributed by atoms with E-state index >= 15 is 0 Å². The Morgan fingerprint density at radius 1 is 1.29 bits per heavy atom. The van der Waals surface area contributed by atoms with Gasteiger partial charge in [-0.1, -0.05) is 12.1 Å². The normalized spacial score (nSPS) is 18.0. The van der Waals surface area contributed by atoms with Crippen molar-refractivity contribution in [3.63, 3.8) is 0 Å². The van der Waals surface area contributed by atoms with E-state index < -0.39 is 0 Å². The first-order valence-electron chi connectivity index (χ1n) is 5.10. The van der Waals surface area contributed by atoms with E-state index in [2.05, 4.69) is 44.1 Å². The molecule has 76 valence electrons. The second-order valence-corrected chi connectivity index (χ2v) is 4.57. The van der Waals surface area contributed by atoms with Gasteiger partial charge < -0.3 is 10.6 Å². The zero-order valence-corrected chi connectivity index (χ0v) is 9.17. The number of hydrogen-bond acceptors (Lipinski definition) is 2. The third-order valence-corrected chi connectivity index (χ3v) is 2.96. The van der Waals surface area contributed by atoms with Crippen LogP contribution < -0.4 is 10.6 Å². The molecule has 0 bridgehead atoms. The van der Waals surface area contributed by atoms with Gasteiger partial charge in [0.2, 0.25) is 0 Å². The Morgan fingerprint density at radius 3 is 2.43 bits per heavy atom. The summed E-state index contributed by atoms with van der Waals surface area (Å²) < 4.78 is 0. The third-order valence-electron chi connectivity index (χ3n) is 2.96. The summed E-state index contributed by atoms with van der Waals surface area (Å²) in [6, 6.07) is 6.54. The zero-order chi connectivity index (χ0) is 10.3. The monoisotopic (exact) mass is 190 g/mol. The first kappa shape index (κ1) is 9.53. The maximum atomic E-state index is 6.23. The average molecular weight is 190 g/mol. The minimum absolute atomic E-state index is 0.0344. The Labute approximate surface area is 85.7 Å². The van der Waals surface area contributed by atoms with Crippen molar-refractivity contribution in [2.24, 2.45) is 5.73 Å². The van der Waals surface area contributed by atoms with Gasteiger partial charge in [0.25, 0.3) is 0 Å². The quantitative estimate of drug-likeness (QED) is 0.773. The van der Waals surface area contributed by atoms with Crippen LogP contribution in [-0.4, -0.2) is 14.1 Å². The van der Waals surface area contributed by atoms with Gasteiger partial charge in [-0.25, -0.2) is 0 Å². The highest BCUT2D eigenvalue weighted by Crippen LogP contribution is 2.46. The van der Waals surface area contributed by atoms with Gasteiger partial charge in [0, 0.05) is 25.3 Å². The molecule has 14 heavy (non-hydrogen) atoms. The summed E-state index contributed by atoms with van der Waals surface area (Å²) in [5.41, 5.74) is 10.1. The highest BCUT2D eigenvalue weighted by Gasteiger charge is 2.41. The van der Waals surface area contributed by atoms with E-state index in [9.17, 15) is 0 Å². The van der Waals surface area contributed by atoms with Crippen LogP contribution in [0.25, 0.3) is 0 Å². The lowest BCUT2D eigenvalue weighted by Gasteiger charge is -2.21. The van der Waals surface area contributed by atoms with Crippen LogP contribution in [0.5, 0.6) is 0 Å². The van der Waals surface area contributed by atoms with Gasteiger partial charge in [-0.2, -0.15) is 0 Å². The summed E-state index contributed by atoms with van der Waals surface area (Å²) in [7, 11) is 4.15. The van der Waals surface area contributed by atoms with E-state index in [-0.39, 0.29) is 5.54 Å². The lowest BCUT2D eigenvalue weighted by molar-refractivity contribution is 0.737. The number of nitrogens with zero attached hydrogens (tertiary/aromatic N) is 1. The Kier molecular flexibility index (Phi) is 2.04. The highest BCUT2D eigenvalue weighted by atomic mass is 15.1. The summed E-state index contributed by atoms with van der Waals surface area (Å²) in [6.45, 7) is 2.12. The number of nitrogens with two attached hydrogens (primary N) is 1. The van der Waals surface area contributed by atoms with Crippen LogP contribution in [-0.2, 0) is 5.54 Å². The van der Waals surface area contributed by atoms with Gasteiger partial charge in [0.15, 0.2) is 0 Å². The molecule has 0 unspecified atom stereocenters. The molecule has 0 saturated heterocycles. The van der Waals surface area contributed by atoms with Gasteiger partial charge in [-0.15, -0.1) is 0 Å². The molecule has 0 heterocycles. The van der Waals surface area contributed by atoms with Crippen LogP contribution in [0.15, 0.2) is 18.2 Å². The summed E-state index contributed by atoms with van der Waals surface area (Å²) in [6.07, 6.45) is 2.24. The molecule has 0 radical (unpaired) electrons. The third kappa shape index (κ3) is 1.50. The van der Waals surface area contributed by atoms with Crippen LogP contribution >= 0.6 is 0 Å². The Morgan fingerprint density at radius 2 is 1.93 bits per heavy atom. The number of aryl methyl sites for hydroxylation is 1. The van der Waals surface area contributed by atoms with Crippen LogP contribution in [0.2, 0.25) is 0 Å². The SMILES string of the molecule is Cc1ccc(C2(N)CC2)c(N(C)C)c1. The maximum absolute atomic E-state index is 6.23. The molecule has 0 spiro atoms. The highest BCUT2D eigenvalue weighted by molar-refractivity contribution is 5.58. The molecule has 2 N–H and O–H groups in total. The molecule has 0 aliphatic heterocycles. The predicted octanol–water partition coefficient (Wildman–Crippen LogP) is 2.01. The van der Waals surface area contributed by atoms with Crippen molar-refractivity contribution < 1.29 is 0 Å². The minimum atomic E-state index is -0.0344. The minimum Gasteiger partial charge on any atom is -0.377 e. The van der Waals surface area contributed by atoms with E-state index in [0.29, 0.717) is 0 Å². The molecule has 2 nitrogen and oxygen atoms in total. The van der Waals surface area contributed by atoms with Crippen molar-refractivity contribution in [2.75, 3.05) is 19.0 Å². The largest absolute Gasteiger partial charge is 0.377 e. The number of benzene rings is 1. The van der Waals surface area contributed by atoms with E-state index in [1.807, 2.05) is 0 Å². The summed E-state index contributed by atoms with van der Waals surface area (Å²) in [5, 5.41) is 0. The summed E-state index contributed by atoms with van der Waals surface area (Å²) in [5.74, 6) is 0. The van der Waals surface area contributed by atoms with E-state index in [4.69, 9.17) is 5.73 Å². The van der Waals surface area contributed by atoms with Gasteiger partial charge in [0.1, 0.15) is 0 Å². The van der Waals surface area contributed by atoms with Crippen molar-refractivity contribution in [1.82, 2.24) is 0 Å². The molecule has 1 aromatic rings. The molecule has 1 aromatic carbocycles. The lowest BCUT2D eigenvalue weighted by atomic mass is 10.0. The molecule has 1 saturated carbocycles. The van der Waals surface area contributed by atoms with E-state index in [1.165, 1.54) is 16.8 Å². The average Bonchev–Trinajstić information content (AvgIpc) is 2.84. The fourth-order valence-corrected chi connectivity index (χ4v) is 1.84. The van der Waals surface area contributed by atoms with E-state index in [0.717, 1.165) is 12.8 Å². The van der Waals surface area contributed by atoms with Gasteiger partial charge >= 0.3 is 0 Å². The van der Waals surface area contributed by atoms with Gasteiger partial charge in [-0.05, 0) is 37.0 Å². The molecule has 0 aromatic heterocycles. The number of rotatable bonds is 2. The van der Waals surface area contributed by atoms with Gasteiger partial charge in [-0.3, -0.25) is 0 Å². The Balaban J connectivity index is 2.48. The van der Waals surface area contributed by atoms with Crippen LogP contribution in [0.1, 0.15) is 24.0 Å². The molecule has 2 rings (SSSR count). The van der Waals surface area contributed by atoms with Crippen LogP contribution in [0.3, 0.4) is 0 Å². The van der Waals surface area contributed by atoms with Crippen LogP contribution in [0.4, 0.5) is 5.69 Å². The lowest BCUT2D eigenvalue weighted by Crippen LogP contribution is -2.23. The molecule has 2 heteroatoms. The summed E-state index contributed by atoms with van der Waals surface area (Å²) in [4.78, 5) is 2.15. The fourth-order valence-electron chi connectivity index (χ4n) is 1.84. The topological polar surface area (TPSA) is 29.3 Å². The maximum Gasteiger partial charge on any atom is 0.0431 e. The molecular weight excluding hydrogens is 172 g/mol. The Hall–Kier alpha value is -1.02. The smallest absolute Gasteiger partial charge is 0.0431 e. The second kappa shape index (κ2) is 2.99. The van der Waals surface area contributed by atoms with E-state index in [1.54, 1.807) is 0 Å². The molecule has 1 aliphatic carbocycles. The van der Waals surface area contributed by atoms with Crippen molar-refractivity contribution in [2.45, 2.75) is 25.3 Å². The first-order valence-corrected chi connectivity index (χ1v) is 5.10. The van der Waals surface area contributed by atoms with Crippen molar-refractivity contribution >= 4 is 5.69 Å². The first-order chi connectivity index (χ1) is 6.53. The van der Waals surface area contributed by atoms with Crippen molar-refractivity contribution in [1.29, 1.82) is 0 Å². The number of hydrogen-bond donors (Lipinski definition) is 1. The standard InChI is InChI=1S/C12H18N2/c1-9-4-5-10(12(13)6-7-12)11(8-9)14(2)3/h4-5,8H,6-7,13H2,1-3H3. The van der Waals surface area contributed by atoms with Crippen molar-refractivity contribution in [3.8, 4) is 0 Å². The number of anilines is 1. The molecule has 0 amide bonds. The van der Waals surface area contributed by atoms with Gasteiger partial charge in [0.05, 0.1) is 0 Å². The van der Waals surface area contributed by atoms with Crippen LogP contribution in [0, 0.1) is 6.92 Å². The fraction of sp³-hybridized carbons (Fsp3) is 0.500. The van der Waals surface area contributed by atoms with Crippen molar-refractivity contribution in [3.05, 3.63) is 29.3 Å². The zero-order valence-electron chi connectivity index (χ0n) is 9.17. The molecular formula is C12H18N2. The summed E-state index contributed by atoms with van der Waals surface area (Å²) >= 11 is 0. The molecule has 0 atom stereocenters. The predicted molar refractivity (Wildman–Crippen MR) is 60.6 cm³/mol.